The van der Waals surface area contributed by atoms with E-state index in [0.29, 0.717) is 0 Å². The van der Waals surface area contributed by atoms with E-state index < -0.39 is 0 Å². The van der Waals surface area contributed by atoms with Gasteiger partial charge in [-0.15, -0.1) is 0 Å². The van der Waals surface area contributed by atoms with Crippen molar-refractivity contribution in [2.45, 2.75) is 25.7 Å². The van der Waals surface area contributed by atoms with Crippen molar-refractivity contribution in [2.24, 2.45) is 17.8 Å². The van der Waals surface area contributed by atoms with Crippen LogP contribution in [0.1, 0.15) is 24.8 Å². The fourth-order valence-electron chi connectivity index (χ4n) is 4.89. The third-order valence-corrected chi connectivity index (χ3v) is 7.30. The zero-order valence-corrected chi connectivity index (χ0v) is 17.1. The molecular formula is C23H25FN4S. The van der Waals surface area contributed by atoms with E-state index in [0.717, 1.165) is 45.6 Å². The number of benzene rings is 1. The number of fused-ring (bicyclic) bond motifs is 1. The highest BCUT2D eigenvalue weighted by molar-refractivity contribution is 7.18. The number of halogens is 1. The van der Waals surface area contributed by atoms with E-state index in [2.05, 4.69) is 32.7 Å². The van der Waals surface area contributed by atoms with Gasteiger partial charge in [-0.25, -0.2) is 14.4 Å². The van der Waals surface area contributed by atoms with Crippen LogP contribution in [0.4, 0.5) is 15.3 Å². The third kappa shape index (κ3) is 4.19. The molecule has 1 aromatic carbocycles. The topological polar surface area (TPSA) is 49.8 Å². The molecule has 1 saturated heterocycles. The first-order valence-electron chi connectivity index (χ1n) is 10.4. The van der Waals surface area contributed by atoms with Crippen molar-refractivity contribution in [3.05, 3.63) is 60.2 Å². The van der Waals surface area contributed by atoms with Gasteiger partial charge in [0.05, 0.1) is 4.88 Å². The summed E-state index contributed by atoms with van der Waals surface area (Å²) < 4.78 is 13.1. The molecule has 2 fully saturated rings. The van der Waals surface area contributed by atoms with Crippen LogP contribution in [0.25, 0.3) is 10.4 Å². The molecule has 1 aliphatic carbocycles. The maximum Gasteiger partial charge on any atom is 0.188 e. The second kappa shape index (κ2) is 8.20. The Hall–Kier alpha value is -2.31. The first kappa shape index (κ1) is 18.7. The summed E-state index contributed by atoms with van der Waals surface area (Å²) in [6, 6.07) is 10.8. The van der Waals surface area contributed by atoms with Crippen LogP contribution in [0.5, 0.6) is 0 Å². The van der Waals surface area contributed by atoms with E-state index >= 15 is 0 Å². The van der Waals surface area contributed by atoms with Crippen LogP contribution in [0.2, 0.25) is 0 Å². The van der Waals surface area contributed by atoms with Gasteiger partial charge in [0.25, 0.3) is 0 Å². The van der Waals surface area contributed by atoms with Gasteiger partial charge in [-0.05, 0) is 85.5 Å². The van der Waals surface area contributed by atoms with Crippen molar-refractivity contribution >= 4 is 22.3 Å². The molecule has 0 radical (unpaired) electrons. The maximum absolute atomic E-state index is 13.1. The van der Waals surface area contributed by atoms with E-state index in [9.17, 15) is 4.39 Å². The smallest absolute Gasteiger partial charge is 0.188 e. The maximum atomic E-state index is 13.1. The number of hydrogen-bond donors (Lipinski definition) is 2. The number of thiazole rings is 1. The predicted molar refractivity (Wildman–Crippen MR) is 116 cm³/mol. The van der Waals surface area contributed by atoms with Gasteiger partial charge in [-0.2, -0.15) is 0 Å². The average molecular weight is 409 g/mol. The van der Waals surface area contributed by atoms with Gasteiger partial charge < -0.3 is 10.6 Å². The number of nitrogens with one attached hydrogen (secondary N) is 2. The summed E-state index contributed by atoms with van der Waals surface area (Å²) in [6.45, 7) is 2.38. The lowest BCUT2D eigenvalue weighted by molar-refractivity contribution is 0.198. The monoisotopic (exact) mass is 408 g/mol. The Morgan fingerprint density at radius 1 is 1.10 bits per heavy atom. The molecule has 150 valence electrons. The number of anilines is 2. The van der Waals surface area contributed by atoms with Crippen LogP contribution in [0.15, 0.2) is 48.8 Å². The highest BCUT2D eigenvalue weighted by atomic mass is 32.1. The third-order valence-electron chi connectivity index (χ3n) is 6.34. The summed E-state index contributed by atoms with van der Waals surface area (Å²) in [5.74, 6) is 3.07. The molecule has 2 aromatic heterocycles. The molecule has 1 aliphatic heterocycles. The zero-order chi connectivity index (χ0) is 19.6. The van der Waals surface area contributed by atoms with Crippen molar-refractivity contribution in [3.63, 3.8) is 0 Å². The van der Waals surface area contributed by atoms with Gasteiger partial charge in [0.1, 0.15) is 11.6 Å². The molecule has 2 N–H and O–H groups in total. The summed E-state index contributed by atoms with van der Waals surface area (Å²) >= 11 is 1.55. The lowest BCUT2D eigenvalue weighted by atomic mass is 9.72. The van der Waals surface area contributed by atoms with Crippen LogP contribution >= 0.6 is 11.3 Å². The number of rotatable bonds is 5. The normalized spacial score (nSPS) is 23.7. The Bertz CT molecular complexity index is 971. The molecule has 2 aliphatic rings. The molecule has 3 unspecified atom stereocenters. The minimum atomic E-state index is -0.227. The van der Waals surface area contributed by atoms with Gasteiger partial charge in [0, 0.05) is 12.4 Å². The molecule has 5 rings (SSSR count). The zero-order valence-electron chi connectivity index (χ0n) is 16.3. The van der Waals surface area contributed by atoms with Crippen molar-refractivity contribution in [3.8, 4) is 10.4 Å². The molecule has 0 amide bonds. The van der Waals surface area contributed by atoms with Crippen LogP contribution in [0, 0.1) is 23.6 Å². The van der Waals surface area contributed by atoms with Crippen LogP contribution in [-0.2, 0) is 6.42 Å². The Morgan fingerprint density at radius 3 is 2.90 bits per heavy atom. The molecule has 0 spiro atoms. The number of hydrogen-bond acceptors (Lipinski definition) is 5. The average Bonchev–Trinajstić information content (AvgIpc) is 3.39. The number of nitrogens with zero attached hydrogens (tertiary/aromatic N) is 2. The van der Waals surface area contributed by atoms with Gasteiger partial charge in [-0.1, -0.05) is 29.9 Å². The molecule has 3 aromatic rings. The highest BCUT2D eigenvalue weighted by Gasteiger charge is 2.36. The Balaban J connectivity index is 1.27. The molecule has 3 heterocycles. The minimum absolute atomic E-state index is 0.227. The standard InChI is InChI=1S/C23H25FN4S/c24-19-6-4-16(5-7-19)21-14-27-23(29-21)28-22-11-15(8-9-26-22)10-17-2-1-3-18-12-25-13-20(17)18/h4-9,11,14,17-18,20,25H,1-3,10,12-13H2,(H,26,27,28). The molecular weight excluding hydrogens is 383 g/mol. The second-order valence-corrected chi connectivity index (χ2v) is 9.22. The number of pyridine rings is 1. The minimum Gasteiger partial charge on any atom is -0.316 e. The highest BCUT2D eigenvalue weighted by Crippen LogP contribution is 2.39. The molecule has 0 bridgehead atoms. The van der Waals surface area contributed by atoms with Crippen LogP contribution < -0.4 is 10.6 Å². The van der Waals surface area contributed by atoms with E-state index in [-0.39, 0.29) is 5.82 Å². The largest absolute Gasteiger partial charge is 0.316 e. The van der Waals surface area contributed by atoms with Crippen molar-refractivity contribution < 1.29 is 4.39 Å². The summed E-state index contributed by atoms with van der Waals surface area (Å²) in [7, 11) is 0. The second-order valence-electron chi connectivity index (χ2n) is 8.19. The van der Waals surface area contributed by atoms with Gasteiger partial charge in [-0.3, -0.25) is 0 Å². The lowest BCUT2D eigenvalue weighted by Crippen LogP contribution is -2.28. The molecule has 1 saturated carbocycles. The Morgan fingerprint density at radius 2 is 2.00 bits per heavy atom. The summed E-state index contributed by atoms with van der Waals surface area (Å²) in [6.07, 6.45) is 8.91. The van der Waals surface area contributed by atoms with Crippen LogP contribution in [-0.4, -0.2) is 23.1 Å². The van der Waals surface area contributed by atoms with Gasteiger partial charge >= 0.3 is 0 Å². The van der Waals surface area contributed by atoms with Crippen molar-refractivity contribution in [2.75, 3.05) is 18.4 Å². The SMILES string of the molecule is Fc1ccc(-c2cnc(Nc3cc(CC4CCCC5CNCC54)ccn3)s2)cc1. The van der Waals surface area contributed by atoms with E-state index in [4.69, 9.17) is 0 Å². The molecule has 29 heavy (non-hydrogen) atoms. The molecule has 3 atom stereocenters. The van der Waals surface area contributed by atoms with Gasteiger partial charge in [0.15, 0.2) is 5.13 Å². The lowest BCUT2D eigenvalue weighted by Gasteiger charge is -2.33. The van der Waals surface area contributed by atoms with E-state index in [1.165, 1.54) is 50.0 Å². The van der Waals surface area contributed by atoms with Crippen molar-refractivity contribution in [1.82, 2.24) is 15.3 Å². The fraction of sp³-hybridized carbons (Fsp3) is 0.391. The van der Waals surface area contributed by atoms with Crippen LogP contribution in [0.3, 0.4) is 0 Å². The summed E-state index contributed by atoms with van der Waals surface area (Å²) in [5.41, 5.74) is 2.31. The molecule has 6 heteroatoms. The predicted octanol–water partition coefficient (Wildman–Crippen LogP) is 5.27. The van der Waals surface area contributed by atoms with Gasteiger partial charge in [0.2, 0.25) is 0 Å². The van der Waals surface area contributed by atoms with Crippen molar-refractivity contribution in [1.29, 1.82) is 0 Å². The quantitative estimate of drug-likeness (QED) is 0.604. The summed E-state index contributed by atoms with van der Waals surface area (Å²) in [4.78, 5) is 9.95. The molecule has 4 nitrogen and oxygen atoms in total. The van der Waals surface area contributed by atoms with E-state index in [1.807, 2.05) is 12.4 Å². The Kier molecular flexibility index (Phi) is 5.29. The fourth-order valence-corrected chi connectivity index (χ4v) is 5.72. The first-order chi connectivity index (χ1) is 14.2. The summed E-state index contributed by atoms with van der Waals surface area (Å²) in [5, 5.41) is 7.73. The number of aromatic nitrogens is 2. The first-order valence-corrected chi connectivity index (χ1v) is 11.2. The Labute approximate surface area is 174 Å². The van der Waals surface area contributed by atoms with E-state index in [1.54, 1.807) is 23.5 Å².